The molecule has 1 heterocycles. The van der Waals surface area contributed by atoms with Crippen LogP contribution in [0.25, 0.3) is 0 Å². The topological polar surface area (TPSA) is 133 Å². The highest BCUT2D eigenvalue weighted by molar-refractivity contribution is 6.43. The van der Waals surface area contributed by atoms with Crippen molar-refractivity contribution in [1.82, 2.24) is 10.2 Å². The maximum absolute atomic E-state index is 12.8. The highest BCUT2D eigenvalue weighted by atomic mass is 16.4. The molecule has 0 spiro atoms. The molecule has 9 heteroatoms. The molecule has 0 aromatic heterocycles. The van der Waals surface area contributed by atoms with Gasteiger partial charge in [0, 0.05) is 18.9 Å². The fraction of sp³-hybridized carbons (Fsp3) is 0.850. The molecule has 0 aromatic carbocycles. The van der Waals surface area contributed by atoms with Crippen LogP contribution in [0.5, 0.6) is 0 Å². The van der Waals surface area contributed by atoms with E-state index in [2.05, 4.69) is 5.32 Å². The number of hydrogen-bond donors (Lipinski definition) is 4. The Morgan fingerprint density at radius 1 is 1.14 bits per heavy atom. The molecule has 0 radical (unpaired) electrons. The van der Waals surface area contributed by atoms with Crippen LogP contribution in [0.3, 0.4) is 0 Å². The fourth-order valence-electron chi connectivity index (χ4n) is 4.52. The average Bonchev–Trinajstić information content (AvgIpc) is 3.21. The minimum Gasteiger partial charge on any atom is -0.426 e. The lowest BCUT2D eigenvalue weighted by atomic mass is 9.77. The molecule has 2 fully saturated rings. The van der Waals surface area contributed by atoms with E-state index in [9.17, 15) is 24.4 Å². The van der Waals surface area contributed by atoms with E-state index >= 15 is 0 Å². The number of carbonyl (C=O) groups excluding carboxylic acids is 3. The van der Waals surface area contributed by atoms with Gasteiger partial charge in [-0.25, -0.2) is 0 Å². The molecule has 164 valence electrons. The van der Waals surface area contributed by atoms with Crippen molar-refractivity contribution < 1.29 is 24.4 Å². The molecule has 1 saturated carbocycles. The van der Waals surface area contributed by atoms with Gasteiger partial charge in [0.05, 0.1) is 12.0 Å². The van der Waals surface area contributed by atoms with E-state index in [1.807, 2.05) is 0 Å². The summed E-state index contributed by atoms with van der Waals surface area (Å²) in [7, 11) is -1.59. The summed E-state index contributed by atoms with van der Waals surface area (Å²) in [6.45, 7) is 3.91. The second-order valence-electron chi connectivity index (χ2n) is 8.62. The smallest absolute Gasteiger partial charge is 0.426 e. The second kappa shape index (κ2) is 11.1. The minimum atomic E-state index is -1.59. The molecular weight excluding hydrogens is 373 g/mol. The summed E-state index contributed by atoms with van der Waals surface area (Å²) in [4.78, 5) is 39.4. The zero-order chi connectivity index (χ0) is 21.6. The Kier molecular flexibility index (Phi) is 9.11. The predicted octanol–water partition coefficient (Wildman–Crippen LogP) is 0.387. The molecule has 29 heavy (non-hydrogen) atoms. The molecule has 1 saturated heterocycles. The van der Waals surface area contributed by atoms with Gasteiger partial charge >= 0.3 is 7.12 Å². The summed E-state index contributed by atoms with van der Waals surface area (Å²) >= 11 is 0. The summed E-state index contributed by atoms with van der Waals surface area (Å²) < 4.78 is 0. The molecule has 1 aliphatic heterocycles. The molecule has 5 N–H and O–H groups in total. The standard InChI is InChI=1S/C20H36BN3O5/c1-3-15(20(27)24-11-7-10-17(24)21(28)29)23-19(26)13(2)12-16(25)18(22)14-8-5-4-6-9-14/h13-15,17-18,28-29H,3-12,22H2,1-2H3,(H,23,26). The molecule has 8 nitrogen and oxygen atoms in total. The lowest BCUT2D eigenvalue weighted by Gasteiger charge is -2.29. The van der Waals surface area contributed by atoms with Crippen LogP contribution in [0.4, 0.5) is 0 Å². The van der Waals surface area contributed by atoms with E-state index in [1.165, 1.54) is 11.3 Å². The van der Waals surface area contributed by atoms with E-state index in [4.69, 9.17) is 5.73 Å². The zero-order valence-corrected chi connectivity index (χ0v) is 17.7. The normalized spacial score (nSPS) is 23.3. The van der Waals surface area contributed by atoms with Crippen LogP contribution in [-0.4, -0.2) is 64.2 Å². The van der Waals surface area contributed by atoms with Crippen molar-refractivity contribution in [2.45, 2.75) is 89.7 Å². The Hall–Kier alpha value is -1.45. The van der Waals surface area contributed by atoms with Crippen molar-refractivity contribution in [3.63, 3.8) is 0 Å². The summed E-state index contributed by atoms with van der Waals surface area (Å²) in [5.74, 6) is -1.77. The number of ketones is 1. The third kappa shape index (κ3) is 6.26. The largest absolute Gasteiger partial charge is 0.475 e. The Labute approximate surface area is 173 Å². The van der Waals surface area contributed by atoms with Crippen molar-refractivity contribution in [3.8, 4) is 0 Å². The lowest BCUT2D eigenvalue weighted by Crippen LogP contribution is -2.54. The number of Topliss-reactive ketones (excluding diaryl/α,β-unsaturated/α-hetero) is 1. The van der Waals surface area contributed by atoms with Crippen molar-refractivity contribution in [3.05, 3.63) is 0 Å². The fourth-order valence-corrected chi connectivity index (χ4v) is 4.52. The third-order valence-corrected chi connectivity index (χ3v) is 6.43. The number of nitrogens with two attached hydrogens (primary N) is 1. The highest BCUT2D eigenvalue weighted by Crippen LogP contribution is 2.27. The number of amides is 2. The summed E-state index contributed by atoms with van der Waals surface area (Å²) in [5, 5.41) is 21.7. The van der Waals surface area contributed by atoms with E-state index < -0.39 is 31.1 Å². The first kappa shape index (κ1) is 23.8. The SMILES string of the molecule is CCC(NC(=O)C(C)CC(=O)C(N)C1CCCCC1)C(=O)N1CCCC1B(O)O. The van der Waals surface area contributed by atoms with Gasteiger partial charge in [-0.2, -0.15) is 0 Å². The molecule has 0 bridgehead atoms. The van der Waals surface area contributed by atoms with Crippen molar-refractivity contribution in [2.75, 3.05) is 6.54 Å². The first-order chi connectivity index (χ1) is 13.8. The predicted molar refractivity (Wildman–Crippen MR) is 110 cm³/mol. The van der Waals surface area contributed by atoms with Crippen LogP contribution in [0.15, 0.2) is 0 Å². The van der Waals surface area contributed by atoms with Crippen LogP contribution < -0.4 is 11.1 Å². The second-order valence-corrected chi connectivity index (χ2v) is 8.62. The lowest BCUT2D eigenvalue weighted by molar-refractivity contribution is -0.138. The monoisotopic (exact) mass is 409 g/mol. The Morgan fingerprint density at radius 3 is 2.38 bits per heavy atom. The van der Waals surface area contributed by atoms with Crippen LogP contribution in [0, 0.1) is 11.8 Å². The zero-order valence-electron chi connectivity index (χ0n) is 17.7. The Bertz CT molecular complexity index is 582. The van der Waals surface area contributed by atoms with Gasteiger partial charge in [0.2, 0.25) is 11.8 Å². The first-order valence-corrected chi connectivity index (χ1v) is 11.0. The molecule has 1 aliphatic carbocycles. The summed E-state index contributed by atoms with van der Waals surface area (Å²) in [5.41, 5.74) is 6.15. The molecule has 4 atom stereocenters. The Morgan fingerprint density at radius 2 is 1.79 bits per heavy atom. The molecular formula is C20H36BN3O5. The van der Waals surface area contributed by atoms with E-state index in [1.54, 1.807) is 13.8 Å². The summed E-state index contributed by atoms with van der Waals surface area (Å²) in [6.07, 6.45) is 6.99. The van der Waals surface area contributed by atoms with Crippen LogP contribution in [-0.2, 0) is 14.4 Å². The van der Waals surface area contributed by atoms with Gasteiger partial charge in [-0.3, -0.25) is 14.4 Å². The van der Waals surface area contributed by atoms with Crippen LogP contribution in [0.1, 0.15) is 71.6 Å². The van der Waals surface area contributed by atoms with Gasteiger partial charge < -0.3 is 26.0 Å². The van der Waals surface area contributed by atoms with Gasteiger partial charge in [-0.1, -0.05) is 33.1 Å². The average molecular weight is 409 g/mol. The number of carbonyl (C=O) groups is 3. The third-order valence-electron chi connectivity index (χ3n) is 6.43. The van der Waals surface area contributed by atoms with Gasteiger partial charge in [-0.05, 0) is 38.0 Å². The van der Waals surface area contributed by atoms with Gasteiger partial charge in [0.15, 0.2) is 5.78 Å². The molecule has 4 unspecified atom stereocenters. The number of nitrogens with zero attached hydrogens (tertiary/aromatic N) is 1. The van der Waals surface area contributed by atoms with Crippen molar-refractivity contribution in [2.24, 2.45) is 17.6 Å². The highest BCUT2D eigenvalue weighted by Gasteiger charge is 2.39. The van der Waals surface area contributed by atoms with E-state index in [-0.39, 0.29) is 29.9 Å². The van der Waals surface area contributed by atoms with Gasteiger partial charge in [-0.15, -0.1) is 0 Å². The molecule has 2 rings (SSSR count). The molecule has 0 aromatic rings. The number of rotatable bonds is 9. The van der Waals surface area contributed by atoms with Crippen LogP contribution >= 0.6 is 0 Å². The quantitative estimate of drug-likeness (QED) is 0.407. The summed E-state index contributed by atoms with van der Waals surface area (Å²) in [6, 6.07) is -1.27. The molecule has 2 amide bonds. The molecule has 2 aliphatic rings. The maximum Gasteiger partial charge on any atom is 0.475 e. The Balaban J connectivity index is 1.89. The van der Waals surface area contributed by atoms with E-state index in [0.717, 1.165) is 25.7 Å². The number of hydrogen-bond acceptors (Lipinski definition) is 6. The maximum atomic E-state index is 12.8. The minimum absolute atomic E-state index is 0.0653. The van der Waals surface area contributed by atoms with Crippen molar-refractivity contribution >= 4 is 24.7 Å². The van der Waals surface area contributed by atoms with E-state index in [0.29, 0.717) is 25.8 Å². The first-order valence-electron chi connectivity index (χ1n) is 11.0. The van der Waals surface area contributed by atoms with Gasteiger partial charge in [0.1, 0.15) is 6.04 Å². The number of likely N-dealkylation sites (tertiary alicyclic amines) is 1. The van der Waals surface area contributed by atoms with Crippen molar-refractivity contribution in [1.29, 1.82) is 0 Å². The van der Waals surface area contributed by atoms with Crippen LogP contribution in [0.2, 0.25) is 0 Å². The van der Waals surface area contributed by atoms with Gasteiger partial charge in [0.25, 0.3) is 0 Å². The number of nitrogens with one attached hydrogen (secondary N) is 1.